The minimum Gasteiger partial charge on any atom is -0.507 e. The lowest BCUT2D eigenvalue weighted by molar-refractivity contribution is -0.138. The Labute approximate surface area is 189 Å². The maximum atomic E-state index is 13.2. The van der Waals surface area contributed by atoms with Gasteiger partial charge in [0.15, 0.2) is 6.04 Å². The summed E-state index contributed by atoms with van der Waals surface area (Å²) in [5, 5.41) is 15.7. The summed E-state index contributed by atoms with van der Waals surface area (Å²) in [5.74, 6) is -1.55. The summed E-state index contributed by atoms with van der Waals surface area (Å²) in [5.41, 5.74) is -0.0887. The highest BCUT2D eigenvalue weighted by Gasteiger charge is 2.37. The van der Waals surface area contributed by atoms with Crippen LogP contribution in [0.3, 0.4) is 0 Å². The van der Waals surface area contributed by atoms with E-state index in [0.29, 0.717) is 5.56 Å². The molecule has 0 spiro atoms. The normalized spacial score (nSPS) is 13.0. The number of hydrogen-bond donors (Lipinski definition) is 4. The number of carbonyl (C=O) groups is 3. The minimum atomic E-state index is -1.32. The van der Waals surface area contributed by atoms with Crippen LogP contribution in [0, 0.1) is 19.4 Å². The summed E-state index contributed by atoms with van der Waals surface area (Å²) < 4.78 is 5.19. The molecule has 2 unspecified atom stereocenters. The molecule has 1 aromatic rings. The van der Waals surface area contributed by atoms with E-state index in [4.69, 9.17) is 11.2 Å². The molecule has 0 radical (unpaired) electrons. The predicted molar refractivity (Wildman–Crippen MR) is 122 cm³/mol. The van der Waals surface area contributed by atoms with Crippen molar-refractivity contribution < 1.29 is 24.2 Å². The number of terminal acetylenes is 1. The first-order valence-electron chi connectivity index (χ1n) is 9.80. The zero-order valence-corrected chi connectivity index (χ0v) is 19.6. The minimum absolute atomic E-state index is 0.0887. The van der Waals surface area contributed by atoms with Crippen LogP contribution in [0.4, 0.5) is 4.79 Å². The predicted octanol–water partition coefficient (Wildman–Crippen LogP) is 2.51. The number of rotatable bonds is 7. The van der Waals surface area contributed by atoms with Crippen LogP contribution in [0.2, 0.25) is 0 Å². The van der Waals surface area contributed by atoms with Crippen LogP contribution < -0.4 is 10.6 Å². The van der Waals surface area contributed by atoms with Crippen molar-refractivity contribution in [3.05, 3.63) is 29.3 Å². The number of hydrogen-bond acceptors (Lipinski definition) is 6. The molecule has 1 rings (SSSR count). The molecule has 0 aliphatic carbocycles. The summed E-state index contributed by atoms with van der Waals surface area (Å²) in [7, 11) is 0. The van der Waals surface area contributed by atoms with Crippen molar-refractivity contribution in [3.63, 3.8) is 0 Å². The number of aryl methyl sites for hydroxylation is 1. The van der Waals surface area contributed by atoms with Crippen molar-refractivity contribution in [1.29, 1.82) is 0 Å². The van der Waals surface area contributed by atoms with Crippen LogP contribution in [0.5, 0.6) is 5.75 Å². The van der Waals surface area contributed by atoms with E-state index in [9.17, 15) is 19.5 Å². The summed E-state index contributed by atoms with van der Waals surface area (Å²) in [4.78, 5) is 39.2. The van der Waals surface area contributed by atoms with Crippen molar-refractivity contribution in [2.45, 2.75) is 65.3 Å². The van der Waals surface area contributed by atoms with Crippen LogP contribution in [0.25, 0.3) is 0 Å². The van der Waals surface area contributed by atoms with Gasteiger partial charge in [-0.2, -0.15) is 12.6 Å². The van der Waals surface area contributed by atoms with Gasteiger partial charge in [0.05, 0.1) is 0 Å². The second-order valence-corrected chi connectivity index (χ2v) is 8.66. The third-order valence-corrected chi connectivity index (χ3v) is 4.41. The fourth-order valence-corrected chi connectivity index (χ4v) is 2.98. The van der Waals surface area contributed by atoms with E-state index in [2.05, 4.69) is 29.3 Å². The van der Waals surface area contributed by atoms with Gasteiger partial charge in [-0.1, -0.05) is 24.6 Å². The third kappa shape index (κ3) is 7.40. The molecule has 0 saturated carbocycles. The number of phenols is 1. The quantitative estimate of drug-likeness (QED) is 0.291. The summed E-state index contributed by atoms with van der Waals surface area (Å²) >= 11 is 4.14. The zero-order chi connectivity index (χ0) is 23.9. The Balaban J connectivity index is 3.35. The molecule has 1 aromatic carbocycles. The second-order valence-electron chi connectivity index (χ2n) is 8.30. The van der Waals surface area contributed by atoms with Gasteiger partial charge in [0, 0.05) is 23.4 Å². The lowest BCUT2D eigenvalue weighted by Crippen LogP contribution is -2.52. The number of para-hydroxylation sites is 1. The zero-order valence-electron chi connectivity index (χ0n) is 18.7. The van der Waals surface area contributed by atoms with Crippen molar-refractivity contribution in [2.75, 3.05) is 5.75 Å². The van der Waals surface area contributed by atoms with Gasteiger partial charge in [0.25, 0.3) is 5.91 Å². The average molecular weight is 450 g/mol. The molecule has 0 fully saturated rings. The molecule has 3 N–H and O–H groups in total. The first-order valence-corrected chi connectivity index (χ1v) is 10.4. The van der Waals surface area contributed by atoms with E-state index in [-0.39, 0.29) is 23.1 Å². The van der Waals surface area contributed by atoms with Gasteiger partial charge < -0.3 is 20.5 Å². The van der Waals surface area contributed by atoms with Crippen LogP contribution in [-0.4, -0.2) is 51.4 Å². The van der Waals surface area contributed by atoms with Crippen molar-refractivity contribution in [2.24, 2.45) is 0 Å². The van der Waals surface area contributed by atoms with Gasteiger partial charge in [-0.3, -0.25) is 14.5 Å². The van der Waals surface area contributed by atoms with Crippen molar-refractivity contribution in [3.8, 4) is 18.2 Å². The summed E-state index contributed by atoms with van der Waals surface area (Å²) in [6.45, 7) is 10.2. The molecular weight excluding hydrogens is 418 g/mol. The molecule has 170 valence electrons. The van der Waals surface area contributed by atoms with Gasteiger partial charge in [-0.25, -0.2) is 4.79 Å². The molecule has 0 aromatic heterocycles. The molecule has 9 heteroatoms. The number of thiol groups is 1. The average Bonchev–Trinajstić information content (AvgIpc) is 2.64. The number of nitrogens with zero attached hydrogens (tertiary/aromatic N) is 1. The third-order valence-electron chi connectivity index (χ3n) is 4.05. The van der Waals surface area contributed by atoms with Gasteiger partial charge in [0.2, 0.25) is 5.91 Å². The highest BCUT2D eigenvalue weighted by Crippen LogP contribution is 2.32. The molecular formula is C22H31N3O5S. The first-order chi connectivity index (χ1) is 14.3. The van der Waals surface area contributed by atoms with Gasteiger partial charge in [-0.05, 0) is 47.1 Å². The molecule has 0 aliphatic heterocycles. The van der Waals surface area contributed by atoms with Crippen LogP contribution in [0.1, 0.15) is 51.8 Å². The van der Waals surface area contributed by atoms with Gasteiger partial charge in [-0.15, -0.1) is 0 Å². The fourth-order valence-electron chi connectivity index (χ4n) is 2.73. The SMILES string of the molecule is C#CN(C(=O)C(CS)NC(=O)OC(C)(C)C)C(C(=O)NC(C)C)c1cccc(C)c1O. The van der Waals surface area contributed by atoms with E-state index in [1.165, 1.54) is 6.07 Å². The second kappa shape index (κ2) is 11.0. The Kier molecular flexibility index (Phi) is 9.25. The van der Waals surface area contributed by atoms with Crippen LogP contribution in [0.15, 0.2) is 18.2 Å². The molecule has 0 aliphatic rings. The van der Waals surface area contributed by atoms with Gasteiger partial charge in [0.1, 0.15) is 17.4 Å². The van der Waals surface area contributed by atoms with Crippen LogP contribution in [-0.2, 0) is 14.3 Å². The number of alkyl carbamates (subject to hydrolysis) is 1. The molecule has 0 saturated heterocycles. The van der Waals surface area contributed by atoms with Crippen molar-refractivity contribution >= 4 is 30.5 Å². The summed E-state index contributed by atoms with van der Waals surface area (Å²) in [6, 6.07) is 4.34. The number of aromatic hydroxyl groups is 1. The summed E-state index contributed by atoms with van der Waals surface area (Å²) in [6.07, 6.45) is 4.80. The first kappa shape index (κ1) is 26.2. The Morgan fingerprint density at radius 2 is 1.87 bits per heavy atom. The lowest BCUT2D eigenvalue weighted by atomic mass is 9.99. The van der Waals surface area contributed by atoms with Crippen molar-refractivity contribution in [1.82, 2.24) is 15.5 Å². The highest BCUT2D eigenvalue weighted by atomic mass is 32.1. The smallest absolute Gasteiger partial charge is 0.408 e. The van der Waals surface area contributed by atoms with E-state index in [0.717, 1.165) is 4.90 Å². The van der Waals surface area contributed by atoms with E-state index in [1.54, 1.807) is 53.7 Å². The Morgan fingerprint density at radius 3 is 2.35 bits per heavy atom. The topological polar surface area (TPSA) is 108 Å². The number of benzene rings is 1. The molecule has 2 atom stereocenters. The molecule has 0 heterocycles. The Hall–Kier alpha value is -2.86. The molecule has 0 bridgehead atoms. The standard InChI is InChI=1S/C22H31N3O5S/c1-8-25(20(28)16(12-31)24-21(29)30-22(5,6)7)17(19(27)23-13(2)3)15-11-9-10-14(4)18(15)26/h1,9-11,13,16-17,26,31H,12H2,2-7H3,(H,23,27)(H,24,29). The van der Waals surface area contributed by atoms with E-state index in [1.807, 2.05) is 0 Å². The molecule has 31 heavy (non-hydrogen) atoms. The highest BCUT2D eigenvalue weighted by molar-refractivity contribution is 7.80. The van der Waals surface area contributed by atoms with Crippen LogP contribution >= 0.6 is 12.6 Å². The Bertz CT molecular complexity index is 858. The molecule has 8 nitrogen and oxygen atoms in total. The maximum Gasteiger partial charge on any atom is 0.408 e. The van der Waals surface area contributed by atoms with E-state index >= 15 is 0 Å². The number of ether oxygens (including phenoxy) is 1. The largest absolute Gasteiger partial charge is 0.507 e. The number of nitrogens with one attached hydrogen (secondary N) is 2. The molecule has 3 amide bonds. The number of amides is 3. The monoisotopic (exact) mass is 449 g/mol. The van der Waals surface area contributed by atoms with E-state index < -0.39 is 35.6 Å². The fraction of sp³-hybridized carbons (Fsp3) is 0.500. The maximum absolute atomic E-state index is 13.2. The number of phenolic OH excluding ortho intramolecular Hbond substituents is 1. The number of carbonyl (C=O) groups excluding carboxylic acids is 3. The van der Waals surface area contributed by atoms with Gasteiger partial charge >= 0.3 is 6.09 Å². The lowest BCUT2D eigenvalue weighted by Gasteiger charge is -2.30. The Morgan fingerprint density at radius 1 is 1.26 bits per heavy atom.